The molecule has 4 rings (SSSR count). The van der Waals surface area contributed by atoms with Gasteiger partial charge in [-0.2, -0.15) is 0 Å². The molecular formula is C21H25N3. The van der Waals surface area contributed by atoms with Gasteiger partial charge >= 0.3 is 0 Å². The zero-order valence-electron chi connectivity index (χ0n) is 14.6. The number of likely N-dealkylation sites (N-methyl/N-ethyl adjacent to an activating group) is 1. The van der Waals surface area contributed by atoms with E-state index in [1.807, 2.05) is 0 Å². The molecule has 0 amide bonds. The minimum absolute atomic E-state index is 1.04. The molecule has 3 nitrogen and oxygen atoms in total. The topological polar surface area (TPSA) is 11.4 Å². The molecule has 1 aliphatic heterocycles. The molecule has 3 aromatic rings. The second-order valence-corrected chi connectivity index (χ2v) is 6.95. The van der Waals surface area contributed by atoms with Gasteiger partial charge in [0, 0.05) is 50.0 Å². The van der Waals surface area contributed by atoms with Gasteiger partial charge in [-0.3, -0.25) is 4.90 Å². The third-order valence-corrected chi connectivity index (χ3v) is 5.10. The average molecular weight is 319 g/mol. The number of nitrogens with zero attached hydrogens (tertiary/aromatic N) is 3. The van der Waals surface area contributed by atoms with Gasteiger partial charge in [-0.1, -0.05) is 30.3 Å². The fourth-order valence-corrected chi connectivity index (χ4v) is 3.66. The summed E-state index contributed by atoms with van der Waals surface area (Å²) in [5, 5.41) is 1.31. The highest BCUT2D eigenvalue weighted by molar-refractivity contribution is 5.84. The van der Waals surface area contributed by atoms with E-state index in [4.69, 9.17) is 0 Å². The lowest BCUT2D eigenvalue weighted by atomic mass is 10.1. The van der Waals surface area contributed by atoms with Crippen molar-refractivity contribution in [1.82, 2.24) is 14.4 Å². The van der Waals surface area contributed by atoms with E-state index in [1.165, 1.54) is 40.8 Å². The smallest absolute Gasteiger partial charge is 0.0557 e. The van der Waals surface area contributed by atoms with Crippen molar-refractivity contribution in [2.24, 2.45) is 0 Å². The molecule has 0 saturated carbocycles. The van der Waals surface area contributed by atoms with Crippen molar-refractivity contribution in [3.8, 4) is 5.69 Å². The van der Waals surface area contributed by atoms with E-state index in [2.05, 4.69) is 83.1 Å². The van der Waals surface area contributed by atoms with E-state index in [0.29, 0.717) is 0 Å². The van der Waals surface area contributed by atoms with Crippen LogP contribution in [0.5, 0.6) is 0 Å². The summed E-state index contributed by atoms with van der Waals surface area (Å²) in [6.07, 6.45) is 2.19. The zero-order chi connectivity index (χ0) is 16.5. The number of aromatic nitrogens is 1. The number of benzene rings is 2. The van der Waals surface area contributed by atoms with Crippen LogP contribution in [0.2, 0.25) is 0 Å². The Balaban J connectivity index is 1.62. The van der Waals surface area contributed by atoms with Gasteiger partial charge in [0.25, 0.3) is 0 Å². The lowest BCUT2D eigenvalue weighted by Gasteiger charge is -2.32. The molecule has 0 bridgehead atoms. The molecular weight excluding hydrogens is 294 g/mol. The molecule has 0 unspecified atom stereocenters. The summed E-state index contributed by atoms with van der Waals surface area (Å²) in [5.74, 6) is 0. The second-order valence-electron chi connectivity index (χ2n) is 6.95. The molecule has 0 radical (unpaired) electrons. The van der Waals surface area contributed by atoms with Gasteiger partial charge in [0.05, 0.1) is 5.52 Å². The lowest BCUT2D eigenvalue weighted by molar-refractivity contribution is 0.148. The Bertz CT molecular complexity index is 841. The van der Waals surface area contributed by atoms with Gasteiger partial charge in [0.1, 0.15) is 0 Å². The maximum Gasteiger partial charge on any atom is 0.0557 e. The molecule has 0 atom stereocenters. The number of hydrogen-bond donors (Lipinski definition) is 0. The van der Waals surface area contributed by atoms with Crippen LogP contribution < -0.4 is 0 Å². The second kappa shape index (κ2) is 6.42. The zero-order valence-corrected chi connectivity index (χ0v) is 14.6. The predicted octanol–water partition coefficient (Wildman–Crippen LogP) is 3.69. The van der Waals surface area contributed by atoms with Crippen LogP contribution >= 0.6 is 0 Å². The summed E-state index contributed by atoms with van der Waals surface area (Å²) in [7, 11) is 2.21. The number of para-hydroxylation sites is 1. The SMILES string of the molecule is Cc1cccc2ccn(-c3cccc(CN4CCN(C)CC4)c3)c12. The Morgan fingerprint density at radius 1 is 0.917 bits per heavy atom. The van der Waals surface area contributed by atoms with Gasteiger partial charge in [0.2, 0.25) is 0 Å². The van der Waals surface area contributed by atoms with Crippen LogP contribution in [0.1, 0.15) is 11.1 Å². The van der Waals surface area contributed by atoms with E-state index in [1.54, 1.807) is 0 Å². The standard InChI is InChI=1S/C21H25N3/c1-17-5-3-7-19-9-10-24(21(17)19)20-8-4-6-18(15-20)16-23-13-11-22(2)12-14-23/h3-10,15H,11-14,16H2,1-2H3. The van der Waals surface area contributed by atoms with Gasteiger partial charge < -0.3 is 9.47 Å². The molecule has 24 heavy (non-hydrogen) atoms. The monoisotopic (exact) mass is 319 g/mol. The molecule has 2 aromatic carbocycles. The van der Waals surface area contributed by atoms with E-state index in [0.717, 1.165) is 19.6 Å². The van der Waals surface area contributed by atoms with Crippen molar-refractivity contribution >= 4 is 10.9 Å². The highest BCUT2D eigenvalue weighted by Crippen LogP contribution is 2.24. The molecule has 0 spiro atoms. The quantitative estimate of drug-likeness (QED) is 0.729. The summed E-state index contributed by atoms with van der Waals surface area (Å²) < 4.78 is 2.32. The third-order valence-electron chi connectivity index (χ3n) is 5.10. The minimum atomic E-state index is 1.04. The maximum atomic E-state index is 2.55. The van der Waals surface area contributed by atoms with Gasteiger partial charge in [-0.25, -0.2) is 0 Å². The van der Waals surface area contributed by atoms with Crippen LogP contribution in [-0.4, -0.2) is 47.6 Å². The van der Waals surface area contributed by atoms with Crippen LogP contribution in [0.15, 0.2) is 54.7 Å². The molecule has 2 heterocycles. The van der Waals surface area contributed by atoms with E-state index >= 15 is 0 Å². The fraction of sp³-hybridized carbons (Fsp3) is 0.333. The Morgan fingerprint density at radius 3 is 2.54 bits per heavy atom. The normalized spacial score (nSPS) is 16.8. The maximum absolute atomic E-state index is 2.55. The van der Waals surface area contributed by atoms with Crippen LogP contribution in [0.3, 0.4) is 0 Å². The molecule has 1 saturated heterocycles. The van der Waals surface area contributed by atoms with Crippen molar-refractivity contribution in [2.75, 3.05) is 33.2 Å². The lowest BCUT2D eigenvalue weighted by Crippen LogP contribution is -2.43. The summed E-state index contributed by atoms with van der Waals surface area (Å²) in [4.78, 5) is 4.96. The predicted molar refractivity (Wildman–Crippen MR) is 101 cm³/mol. The number of hydrogen-bond acceptors (Lipinski definition) is 2. The summed E-state index contributed by atoms with van der Waals surface area (Å²) in [5.41, 5.74) is 5.29. The first-order valence-electron chi connectivity index (χ1n) is 8.77. The van der Waals surface area contributed by atoms with Crippen molar-refractivity contribution in [3.05, 3.63) is 65.9 Å². The molecule has 124 valence electrons. The first kappa shape index (κ1) is 15.4. The fourth-order valence-electron chi connectivity index (χ4n) is 3.66. The molecule has 1 fully saturated rings. The van der Waals surface area contributed by atoms with Crippen LogP contribution in [0, 0.1) is 6.92 Å². The van der Waals surface area contributed by atoms with Gasteiger partial charge in [-0.15, -0.1) is 0 Å². The Labute approximate surface area is 144 Å². The summed E-state index contributed by atoms with van der Waals surface area (Å²) in [6.45, 7) is 7.88. The molecule has 1 aromatic heterocycles. The average Bonchev–Trinajstić information content (AvgIpc) is 3.03. The molecule has 0 aliphatic carbocycles. The van der Waals surface area contributed by atoms with Crippen molar-refractivity contribution in [1.29, 1.82) is 0 Å². The van der Waals surface area contributed by atoms with Crippen LogP contribution in [-0.2, 0) is 6.54 Å². The first-order chi connectivity index (χ1) is 11.7. The molecule has 3 heteroatoms. The Morgan fingerprint density at radius 2 is 1.71 bits per heavy atom. The largest absolute Gasteiger partial charge is 0.316 e. The molecule has 0 N–H and O–H groups in total. The van der Waals surface area contributed by atoms with Crippen molar-refractivity contribution in [3.63, 3.8) is 0 Å². The van der Waals surface area contributed by atoms with Crippen LogP contribution in [0.4, 0.5) is 0 Å². The van der Waals surface area contributed by atoms with Crippen molar-refractivity contribution < 1.29 is 0 Å². The minimum Gasteiger partial charge on any atom is -0.316 e. The van der Waals surface area contributed by atoms with Crippen molar-refractivity contribution in [2.45, 2.75) is 13.5 Å². The van der Waals surface area contributed by atoms with Crippen LogP contribution in [0.25, 0.3) is 16.6 Å². The first-order valence-corrected chi connectivity index (χ1v) is 8.77. The van der Waals surface area contributed by atoms with E-state index in [9.17, 15) is 0 Å². The summed E-state index contributed by atoms with van der Waals surface area (Å²) in [6, 6.07) is 17.7. The molecule has 1 aliphatic rings. The van der Waals surface area contributed by atoms with E-state index < -0.39 is 0 Å². The number of fused-ring (bicyclic) bond motifs is 1. The third kappa shape index (κ3) is 2.97. The van der Waals surface area contributed by atoms with Gasteiger partial charge in [-0.05, 0) is 43.3 Å². The van der Waals surface area contributed by atoms with E-state index in [-0.39, 0.29) is 0 Å². The summed E-state index contributed by atoms with van der Waals surface area (Å²) >= 11 is 0. The Hall–Kier alpha value is -2.10. The highest BCUT2D eigenvalue weighted by atomic mass is 15.2. The Kier molecular flexibility index (Phi) is 4.13. The number of rotatable bonds is 3. The number of aryl methyl sites for hydroxylation is 1. The van der Waals surface area contributed by atoms with Gasteiger partial charge in [0.15, 0.2) is 0 Å². The number of piperazine rings is 1. The highest BCUT2D eigenvalue weighted by Gasteiger charge is 2.14.